The number of nitrogens with one attached hydrogen (secondary N) is 2. The maximum absolute atomic E-state index is 5.97. The lowest BCUT2D eigenvalue weighted by Gasteiger charge is -2.05. The average molecular weight is 274 g/mol. The molecule has 0 fully saturated rings. The van der Waals surface area contributed by atoms with Crippen molar-refractivity contribution >= 4 is 34.1 Å². The minimum absolute atomic E-state index is 0.210. The largest absolute Gasteiger partial charge is 0.338 e. The van der Waals surface area contributed by atoms with E-state index in [9.17, 15) is 0 Å². The molecule has 0 amide bonds. The summed E-state index contributed by atoms with van der Waals surface area (Å²) in [5, 5.41) is 10.6. The van der Waals surface area contributed by atoms with Crippen molar-refractivity contribution in [1.29, 1.82) is 0 Å². The first-order valence-electron chi connectivity index (χ1n) is 6.00. The van der Waals surface area contributed by atoms with Gasteiger partial charge < -0.3 is 5.32 Å². The molecule has 6 heteroatoms. The minimum atomic E-state index is 0.210. The SMILES string of the molecule is CCc1[nH]nc2c(Nc3ccccc3)nc(Cl)nc12. The van der Waals surface area contributed by atoms with E-state index in [1.807, 2.05) is 37.3 Å². The van der Waals surface area contributed by atoms with Crippen LogP contribution in [0.5, 0.6) is 0 Å². The van der Waals surface area contributed by atoms with E-state index in [1.54, 1.807) is 0 Å². The highest BCUT2D eigenvalue weighted by atomic mass is 35.5. The van der Waals surface area contributed by atoms with Crippen LogP contribution in [0, 0.1) is 0 Å². The van der Waals surface area contributed by atoms with Crippen molar-refractivity contribution in [3.63, 3.8) is 0 Å². The van der Waals surface area contributed by atoms with Gasteiger partial charge in [0.25, 0.3) is 0 Å². The first kappa shape index (κ1) is 11.9. The van der Waals surface area contributed by atoms with Crippen LogP contribution in [0.25, 0.3) is 11.0 Å². The molecule has 5 nitrogen and oxygen atoms in total. The number of hydrogen-bond acceptors (Lipinski definition) is 4. The highest BCUT2D eigenvalue weighted by molar-refractivity contribution is 6.28. The summed E-state index contributed by atoms with van der Waals surface area (Å²) in [6, 6.07) is 9.76. The van der Waals surface area contributed by atoms with E-state index in [-0.39, 0.29) is 5.28 Å². The Morgan fingerprint density at radius 2 is 1.95 bits per heavy atom. The molecule has 0 spiro atoms. The number of hydrogen-bond donors (Lipinski definition) is 2. The molecule has 0 aliphatic rings. The molecule has 0 bridgehead atoms. The number of benzene rings is 1. The van der Waals surface area contributed by atoms with Crippen LogP contribution >= 0.6 is 11.6 Å². The predicted octanol–water partition coefficient (Wildman–Crippen LogP) is 3.31. The third-order valence-electron chi connectivity index (χ3n) is 2.84. The zero-order valence-electron chi connectivity index (χ0n) is 10.3. The molecule has 0 saturated carbocycles. The van der Waals surface area contributed by atoms with E-state index in [0.29, 0.717) is 11.3 Å². The molecule has 2 heterocycles. The topological polar surface area (TPSA) is 66.5 Å². The number of aryl methyl sites for hydroxylation is 1. The third kappa shape index (κ3) is 2.24. The van der Waals surface area contributed by atoms with Crippen LogP contribution in [0.2, 0.25) is 5.28 Å². The normalized spacial score (nSPS) is 10.8. The van der Waals surface area contributed by atoms with Gasteiger partial charge in [0.05, 0.1) is 5.69 Å². The van der Waals surface area contributed by atoms with Crippen LogP contribution in [-0.4, -0.2) is 20.2 Å². The first-order valence-corrected chi connectivity index (χ1v) is 6.38. The van der Waals surface area contributed by atoms with E-state index >= 15 is 0 Å². The van der Waals surface area contributed by atoms with E-state index < -0.39 is 0 Å². The lowest BCUT2D eigenvalue weighted by atomic mass is 10.2. The lowest BCUT2D eigenvalue weighted by Crippen LogP contribution is -1.97. The van der Waals surface area contributed by atoms with Gasteiger partial charge in [-0.2, -0.15) is 10.1 Å². The van der Waals surface area contributed by atoms with Gasteiger partial charge in [0.15, 0.2) is 11.3 Å². The van der Waals surface area contributed by atoms with Crippen molar-refractivity contribution in [1.82, 2.24) is 20.2 Å². The molecule has 3 rings (SSSR count). The van der Waals surface area contributed by atoms with Crippen molar-refractivity contribution in [3.8, 4) is 0 Å². The van der Waals surface area contributed by atoms with Gasteiger partial charge in [0.2, 0.25) is 5.28 Å². The molecule has 19 heavy (non-hydrogen) atoms. The van der Waals surface area contributed by atoms with Crippen LogP contribution < -0.4 is 5.32 Å². The molecular weight excluding hydrogens is 262 g/mol. The van der Waals surface area contributed by atoms with Gasteiger partial charge in [-0.15, -0.1) is 0 Å². The summed E-state index contributed by atoms with van der Waals surface area (Å²) in [5.41, 5.74) is 3.35. The zero-order valence-corrected chi connectivity index (χ0v) is 11.1. The summed E-state index contributed by atoms with van der Waals surface area (Å²) in [6.07, 6.45) is 0.814. The number of H-pyrrole nitrogens is 1. The highest BCUT2D eigenvalue weighted by Crippen LogP contribution is 2.25. The molecule has 0 unspecified atom stereocenters. The number of para-hydroxylation sites is 1. The fourth-order valence-corrected chi connectivity index (χ4v) is 2.08. The Labute approximate surface area is 115 Å². The second-order valence-electron chi connectivity index (χ2n) is 4.09. The van der Waals surface area contributed by atoms with Crippen molar-refractivity contribution in [2.24, 2.45) is 0 Å². The Bertz CT molecular complexity index is 708. The standard InChI is InChI=1S/C13H12ClN5/c1-2-9-10-11(19-18-9)12(17-13(14)16-10)15-8-6-4-3-5-7-8/h3-7H,2H2,1H3,(H,18,19)(H,15,16,17). The summed E-state index contributed by atoms with van der Waals surface area (Å²) in [5.74, 6) is 0.608. The maximum atomic E-state index is 5.97. The Morgan fingerprint density at radius 3 is 2.68 bits per heavy atom. The smallest absolute Gasteiger partial charge is 0.225 e. The number of rotatable bonds is 3. The second-order valence-corrected chi connectivity index (χ2v) is 4.42. The Balaban J connectivity index is 2.10. The van der Waals surface area contributed by atoms with Gasteiger partial charge >= 0.3 is 0 Å². The fraction of sp³-hybridized carbons (Fsp3) is 0.154. The number of aromatic nitrogens is 4. The lowest BCUT2D eigenvalue weighted by molar-refractivity contribution is 0.985. The summed E-state index contributed by atoms with van der Waals surface area (Å²) in [6.45, 7) is 2.03. The van der Waals surface area contributed by atoms with Crippen LogP contribution in [-0.2, 0) is 6.42 Å². The number of anilines is 2. The number of nitrogens with zero attached hydrogens (tertiary/aromatic N) is 3. The summed E-state index contributed by atoms with van der Waals surface area (Å²) in [7, 11) is 0. The molecule has 0 saturated heterocycles. The summed E-state index contributed by atoms with van der Waals surface area (Å²) >= 11 is 5.97. The zero-order chi connectivity index (χ0) is 13.2. The van der Waals surface area contributed by atoms with Crippen LogP contribution in [0.3, 0.4) is 0 Å². The van der Waals surface area contributed by atoms with Crippen LogP contribution in [0.4, 0.5) is 11.5 Å². The van der Waals surface area contributed by atoms with Crippen molar-refractivity contribution < 1.29 is 0 Å². The van der Waals surface area contributed by atoms with Gasteiger partial charge in [-0.25, -0.2) is 4.98 Å². The highest BCUT2D eigenvalue weighted by Gasteiger charge is 2.13. The molecule has 96 valence electrons. The van der Waals surface area contributed by atoms with E-state index in [4.69, 9.17) is 11.6 Å². The summed E-state index contributed by atoms with van der Waals surface area (Å²) in [4.78, 5) is 8.43. The monoisotopic (exact) mass is 273 g/mol. The second kappa shape index (κ2) is 4.85. The molecule has 2 aromatic heterocycles. The quantitative estimate of drug-likeness (QED) is 0.719. The van der Waals surface area contributed by atoms with Gasteiger partial charge in [0, 0.05) is 5.69 Å². The third-order valence-corrected chi connectivity index (χ3v) is 3.00. The molecule has 0 radical (unpaired) electrons. The van der Waals surface area contributed by atoms with Gasteiger partial charge in [-0.1, -0.05) is 25.1 Å². The molecule has 1 aromatic carbocycles. The number of halogens is 1. The van der Waals surface area contributed by atoms with Gasteiger partial charge in [0.1, 0.15) is 5.52 Å². The average Bonchev–Trinajstić information content (AvgIpc) is 2.83. The Morgan fingerprint density at radius 1 is 1.16 bits per heavy atom. The molecule has 0 aliphatic heterocycles. The number of aromatic amines is 1. The Hall–Kier alpha value is -2.14. The minimum Gasteiger partial charge on any atom is -0.338 e. The first-order chi connectivity index (χ1) is 9.28. The Kier molecular flexibility index (Phi) is 3.05. The van der Waals surface area contributed by atoms with Crippen LogP contribution in [0.15, 0.2) is 30.3 Å². The van der Waals surface area contributed by atoms with Crippen molar-refractivity contribution in [2.75, 3.05) is 5.32 Å². The van der Waals surface area contributed by atoms with Crippen LogP contribution in [0.1, 0.15) is 12.6 Å². The number of fused-ring (bicyclic) bond motifs is 1. The molecule has 0 atom stereocenters. The van der Waals surface area contributed by atoms with Crippen molar-refractivity contribution in [2.45, 2.75) is 13.3 Å². The van der Waals surface area contributed by atoms with Gasteiger partial charge in [-0.05, 0) is 30.2 Å². The van der Waals surface area contributed by atoms with E-state index in [2.05, 4.69) is 25.5 Å². The van der Waals surface area contributed by atoms with E-state index in [0.717, 1.165) is 23.3 Å². The molecule has 2 N–H and O–H groups in total. The van der Waals surface area contributed by atoms with E-state index in [1.165, 1.54) is 0 Å². The molecule has 3 aromatic rings. The molecule has 0 aliphatic carbocycles. The summed E-state index contributed by atoms with van der Waals surface area (Å²) < 4.78 is 0. The fourth-order valence-electron chi connectivity index (χ4n) is 1.91. The predicted molar refractivity (Wildman–Crippen MR) is 75.8 cm³/mol. The van der Waals surface area contributed by atoms with Crippen molar-refractivity contribution in [3.05, 3.63) is 41.3 Å². The maximum Gasteiger partial charge on any atom is 0.225 e. The molecular formula is C13H12ClN5. The van der Waals surface area contributed by atoms with Gasteiger partial charge in [-0.3, -0.25) is 5.10 Å².